The summed E-state index contributed by atoms with van der Waals surface area (Å²) in [4.78, 5) is 26.1. The molecule has 3 aromatic rings. The molecule has 2 amide bonds. The molecule has 2 N–H and O–H groups in total. The van der Waals surface area contributed by atoms with E-state index in [1.807, 2.05) is 24.4 Å². The molecule has 28 heavy (non-hydrogen) atoms. The standard InChI is InChI=1S/C21H19N3O3S/c1-14(19-11-6-12-28-19)23-24-21(26)17-9-3-4-10-18(17)22-20(25)15-7-5-8-16(13-15)27-2/h3-13H,1-2H3,(H,22,25)(H,24,26)/b23-14+. The summed E-state index contributed by atoms with van der Waals surface area (Å²) >= 11 is 1.54. The molecule has 7 heteroatoms. The Hall–Kier alpha value is -3.45. The smallest absolute Gasteiger partial charge is 0.273 e. The Labute approximate surface area is 166 Å². The second-order valence-corrected chi connectivity index (χ2v) is 6.79. The molecule has 0 fully saturated rings. The number of hydrazone groups is 1. The third-order valence-electron chi connectivity index (χ3n) is 3.95. The van der Waals surface area contributed by atoms with E-state index in [1.54, 1.807) is 59.9 Å². The summed E-state index contributed by atoms with van der Waals surface area (Å²) in [6.07, 6.45) is 0. The monoisotopic (exact) mass is 393 g/mol. The summed E-state index contributed by atoms with van der Waals surface area (Å²) in [5, 5.41) is 8.86. The van der Waals surface area contributed by atoms with Gasteiger partial charge in [0.1, 0.15) is 5.75 Å². The first-order valence-electron chi connectivity index (χ1n) is 8.51. The van der Waals surface area contributed by atoms with Crippen molar-refractivity contribution in [2.24, 2.45) is 5.10 Å². The number of carbonyl (C=O) groups is 2. The van der Waals surface area contributed by atoms with E-state index in [0.717, 1.165) is 4.88 Å². The molecule has 1 aromatic heterocycles. The first-order valence-corrected chi connectivity index (χ1v) is 9.39. The van der Waals surface area contributed by atoms with E-state index in [9.17, 15) is 9.59 Å². The van der Waals surface area contributed by atoms with E-state index in [-0.39, 0.29) is 5.91 Å². The summed E-state index contributed by atoms with van der Waals surface area (Å²) in [5.41, 5.74) is 4.40. The van der Waals surface area contributed by atoms with E-state index < -0.39 is 5.91 Å². The minimum absolute atomic E-state index is 0.321. The van der Waals surface area contributed by atoms with Crippen LogP contribution < -0.4 is 15.5 Å². The third-order valence-corrected chi connectivity index (χ3v) is 4.93. The van der Waals surface area contributed by atoms with Gasteiger partial charge in [0.05, 0.1) is 24.1 Å². The predicted octanol–water partition coefficient (Wildman–Crippen LogP) is 4.16. The quantitative estimate of drug-likeness (QED) is 0.487. The van der Waals surface area contributed by atoms with Gasteiger partial charge in [-0.3, -0.25) is 9.59 Å². The SMILES string of the molecule is COc1cccc(C(=O)Nc2ccccc2C(=O)N/N=C(\C)c2cccs2)c1. The zero-order chi connectivity index (χ0) is 19.9. The molecule has 0 atom stereocenters. The largest absolute Gasteiger partial charge is 0.497 e. The fourth-order valence-corrected chi connectivity index (χ4v) is 3.16. The fourth-order valence-electron chi connectivity index (χ4n) is 2.48. The van der Waals surface area contributed by atoms with E-state index in [0.29, 0.717) is 28.3 Å². The minimum Gasteiger partial charge on any atom is -0.497 e. The molecule has 6 nitrogen and oxygen atoms in total. The van der Waals surface area contributed by atoms with Gasteiger partial charge in [-0.05, 0) is 48.7 Å². The van der Waals surface area contributed by atoms with Crippen LogP contribution in [-0.4, -0.2) is 24.6 Å². The maximum Gasteiger partial charge on any atom is 0.273 e. The number of nitrogens with one attached hydrogen (secondary N) is 2. The highest BCUT2D eigenvalue weighted by Gasteiger charge is 2.14. The maximum absolute atomic E-state index is 12.6. The van der Waals surface area contributed by atoms with Gasteiger partial charge in [-0.25, -0.2) is 5.43 Å². The highest BCUT2D eigenvalue weighted by atomic mass is 32.1. The lowest BCUT2D eigenvalue weighted by atomic mass is 10.1. The number of hydrogen-bond acceptors (Lipinski definition) is 5. The van der Waals surface area contributed by atoms with Gasteiger partial charge in [0.2, 0.25) is 0 Å². The Morgan fingerprint density at radius 3 is 2.57 bits per heavy atom. The number of hydrogen-bond donors (Lipinski definition) is 2. The number of amides is 2. The Kier molecular flexibility index (Phi) is 6.18. The van der Waals surface area contributed by atoms with Crippen LogP contribution in [-0.2, 0) is 0 Å². The molecule has 3 rings (SSSR count). The molecule has 0 saturated carbocycles. The van der Waals surface area contributed by atoms with Crippen molar-refractivity contribution < 1.29 is 14.3 Å². The Morgan fingerprint density at radius 1 is 1.00 bits per heavy atom. The molecule has 142 valence electrons. The maximum atomic E-state index is 12.6. The summed E-state index contributed by atoms with van der Waals surface area (Å²) in [6.45, 7) is 1.82. The molecule has 0 aliphatic heterocycles. The van der Waals surface area contributed by atoms with Crippen LogP contribution in [0.3, 0.4) is 0 Å². The van der Waals surface area contributed by atoms with Gasteiger partial charge < -0.3 is 10.1 Å². The van der Waals surface area contributed by atoms with Gasteiger partial charge in [-0.15, -0.1) is 11.3 Å². The van der Waals surface area contributed by atoms with E-state index >= 15 is 0 Å². The number of ether oxygens (including phenoxy) is 1. The van der Waals surface area contributed by atoms with Gasteiger partial charge in [0.25, 0.3) is 11.8 Å². The summed E-state index contributed by atoms with van der Waals surface area (Å²) in [6, 6.07) is 17.4. The van der Waals surface area contributed by atoms with Crippen molar-refractivity contribution in [1.29, 1.82) is 0 Å². The van der Waals surface area contributed by atoms with Crippen LogP contribution in [0.25, 0.3) is 0 Å². The molecule has 1 heterocycles. The lowest BCUT2D eigenvalue weighted by Crippen LogP contribution is -2.22. The number of para-hydroxylation sites is 1. The molecule has 2 aromatic carbocycles. The van der Waals surface area contributed by atoms with E-state index in [2.05, 4.69) is 15.8 Å². The number of thiophene rings is 1. The molecular weight excluding hydrogens is 374 g/mol. The zero-order valence-corrected chi connectivity index (χ0v) is 16.2. The van der Waals surface area contributed by atoms with Crippen LogP contribution in [0.15, 0.2) is 71.1 Å². The molecule has 0 saturated heterocycles. The second-order valence-electron chi connectivity index (χ2n) is 5.85. The van der Waals surface area contributed by atoms with Crippen molar-refractivity contribution in [3.8, 4) is 5.75 Å². The third kappa shape index (κ3) is 4.63. The molecular formula is C21H19N3O3S. The first-order chi connectivity index (χ1) is 13.6. The van der Waals surface area contributed by atoms with Gasteiger partial charge in [0.15, 0.2) is 0 Å². The second kappa shape index (κ2) is 8.96. The average Bonchev–Trinajstić information content (AvgIpc) is 3.27. The Balaban J connectivity index is 1.76. The van der Waals surface area contributed by atoms with Crippen molar-refractivity contribution in [3.63, 3.8) is 0 Å². The van der Waals surface area contributed by atoms with Crippen molar-refractivity contribution in [3.05, 3.63) is 82.0 Å². The normalized spacial score (nSPS) is 11.0. The van der Waals surface area contributed by atoms with Gasteiger partial charge in [0, 0.05) is 10.4 Å². The summed E-state index contributed by atoms with van der Waals surface area (Å²) < 4.78 is 5.14. The van der Waals surface area contributed by atoms with Gasteiger partial charge >= 0.3 is 0 Å². The molecule has 0 bridgehead atoms. The van der Waals surface area contributed by atoms with Crippen LogP contribution in [0.1, 0.15) is 32.5 Å². The molecule has 0 aliphatic rings. The topological polar surface area (TPSA) is 79.8 Å². The van der Waals surface area contributed by atoms with Crippen molar-refractivity contribution in [1.82, 2.24) is 5.43 Å². The van der Waals surface area contributed by atoms with Gasteiger partial charge in [-0.1, -0.05) is 24.3 Å². The average molecular weight is 393 g/mol. The summed E-state index contributed by atoms with van der Waals surface area (Å²) in [5.74, 6) is -0.160. The first kappa shape index (κ1) is 19.3. The molecule has 0 aliphatic carbocycles. The van der Waals surface area contributed by atoms with Crippen LogP contribution in [0, 0.1) is 0 Å². The zero-order valence-electron chi connectivity index (χ0n) is 15.4. The van der Waals surface area contributed by atoms with E-state index in [4.69, 9.17) is 4.74 Å². The highest BCUT2D eigenvalue weighted by molar-refractivity contribution is 7.12. The molecule has 0 unspecified atom stereocenters. The number of nitrogens with zero attached hydrogens (tertiary/aromatic N) is 1. The molecule has 0 radical (unpaired) electrons. The van der Waals surface area contributed by atoms with Crippen molar-refractivity contribution in [2.45, 2.75) is 6.92 Å². The lowest BCUT2D eigenvalue weighted by Gasteiger charge is -2.11. The van der Waals surface area contributed by atoms with Gasteiger partial charge in [-0.2, -0.15) is 5.10 Å². The highest BCUT2D eigenvalue weighted by Crippen LogP contribution is 2.18. The summed E-state index contributed by atoms with van der Waals surface area (Å²) in [7, 11) is 1.54. The number of anilines is 1. The van der Waals surface area contributed by atoms with Crippen LogP contribution in [0.4, 0.5) is 5.69 Å². The number of carbonyl (C=O) groups excluding carboxylic acids is 2. The Bertz CT molecular complexity index is 1010. The molecule has 0 spiro atoms. The van der Waals surface area contributed by atoms with Crippen LogP contribution >= 0.6 is 11.3 Å². The Morgan fingerprint density at radius 2 is 1.82 bits per heavy atom. The van der Waals surface area contributed by atoms with Crippen molar-refractivity contribution >= 4 is 34.6 Å². The number of rotatable bonds is 6. The fraction of sp³-hybridized carbons (Fsp3) is 0.0952. The number of benzene rings is 2. The number of methoxy groups -OCH3 is 1. The van der Waals surface area contributed by atoms with E-state index in [1.165, 1.54) is 7.11 Å². The lowest BCUT2D eigenvalue weighted by molar-refractivity contribution is 0.0955. The predicted molar refractivity (Wildman–Crippen MR) is 111 cm³/mol. The van der Waals surface area contributed by atoms with Crippen LogP contribution in [0.2, 0.25) is 0 Å². The van der Waals surface area contributed by atoms with Crippen LogP contribution in [0.5, 0.6) is 5.75 Å². The van der Waals surface area contributed by atoms with Crippen molar-refractivity contribution in [2.75, 3.05) is 12.4 Å². The minimum atomic E-state index is -0.405.